The number of hydrogen-bond donors (Lipinski definition) is 1. The number of rotatable bonds is 4. The number of nitrogens with one attached hydrogen (secondary N) is 1. The summed E-state index contributed by atoms with van der Waals surface area (Å²) in [5, 5.41) is 4.85. The van der Waals surface area contributed by atoms with Crippen LogP contribution in [0.15, 0.2) is 35.5 Å². The van der Waals surface area contributed by atoms with Gasteiger partial charge in [0.1, 0.15) is 5.75 Å². The highest BCUT2D eigenvalue weighted by molar-refractivity contribution is 6.30. The summed E-state index contributed by atoms with van der Waals surface area (Å²) in [6.07, 6.45) is 6.42. The Hall–Kier alpha value is -1.81. The van der Waals surface area contributed by atoms with Crippen LogP contribution in [0.2, 0.25) is 5.02 Å². The predicted octanol–water partition coefficient (Wildman–Crippen LogP) is 3.10. The zero-order chi connectivity index (χ0) is 14.8. The second-order valence-electron chi connectivity index (χ2n) is 5.47. The SMILES string of the molecule is Cc1cc(Cl)ccc1OCC(=O)N/N=C1/C[C@H]2C=CC[C@@H]12. The number of aryl methyl sites for hydroxylation is 1. The van der Waals surface area contributed by atoms with Crippen molar-refractivity contribution in [2.24, 2.45) is 16.9 Å². The van der Waals surface area contributed by atoms with E-state index in [1.165, 1.54) is 0 Å². The first-order valence-electron chi connectivity index (χ1n) is 7.04. The van der Waals surface area contributed by atoms with Crippen LogP contribution in [0.1, 0.15) is 18.4 Å². The van der Waals surface area contributed by atoms with Crippen LogP contribution in [0.3, 0.4) is 0 Å². The fourth-order valence-electron chi connectivity index (χ4n) is 2.75. The van der Waals surface area contributed by atoms with Crippen LogP contribution >= 0.6 is 11.6 Å². The van der Waals surface area contributed by atoms with E-state index in [-0.39, 0.29) is 12.5 Å². The van der Waals surface area contributed by atoms with Crippen molar-refractivity contribution in [2.75, 3.05) is 6.61 Å². The third-order valence-electron chi connectivity index (χ3n) is 3.98. The van der Waals surface area contributed by atoms with Gasteiger partial charge in [0, 0.05) is 16.7 Å². The quantitative estimate of drug-likeness (QED) is 0.686. The highest BCUT2D eigenvalue weighted by Crippen LogP contribution is 2.40. The molecule has 1 saturated carbocycles. The third-order valence-corrected chi connectivity index (χ3v) is 4.22. The molecule has 2 aliphatic rings. The van der Waals surface area contributed by atoms with Gasteiger partial charge in [0.05, 0.1) is 0 Å². The van der Waals surface area contributed by atoms with Crippen LogP contribution < -0.4 is 10.2 Å². The minimum absolute atomic E-state index is 0.0500. The van der Waals surface area contributed by atoms with Crippen LogP contribution in [-0.2, 0) is 4.79 Å². The lowest BCUT2D eigenvalue weighted by Crippen LogP contribution is -2.36. The molecule has 2 aliphatic carbocycles. The second kappa shape index (κ2) is 5.90. The highest BCUT2D eigenvalue weighted by Gasteiger charge is 2.37. The van der Waals surface area contributed by atoms with E-state index in [1.54, 1.807) is 18.2 Å². The number of carbonyl (C=O) groups excluding carboxylic acids is 1. The lowest BCUT2D eigenvalue weighted by molar-refractivity contribution is -0.123. The maximum Gasteiger partial charge on any atom is 0.277 e. The van der Waals surface area contributed by atoms with E-state index >= 15 is 0 Å². The van der Waals surface area contributed by atoms with Gasteiger partial charge in [-0.05, 0) is 49.4 Å². The summed E-state index contributed by atoms with van der Waals surface area (Å²) in [6, 6.07) is 5.30. The first-order valence-corrected chi connectivity index (χ1v) is 7.42. The van der Waals surface area contributed by atoms with Crippen LogP contribution in [0.4, 0.5) is 0 Å². The Labute approximate surface area is 128 Å². The summed E-state index contributed by atoms with van der Waals surface area (Å²) < 4.78 is 5.47. The van der Waals surface area contributed by atoms with Crippen molar-refractivity contribution in [3.05, 3.63) is 40.9 Å². The van der Waals surface area contributed by atoms with Gasteiger partial charge in [-0.3, -0.25) is 4.79 Å². The molecule has 0 heterocycles. The Bertz CT molecular complexity index is 625. The van der Waals surface area contributed by atoms with Crippen molar-refractivity contribution in [2.45, 2.75) is 19.8 Å². The Balaban J connectivity index is 1.47. The highest BCUT2D eigenvalue weighted by atomic mass is 35.5. The zero-order valence-electron chi connectivity index (χ0n) is 11.8. The molecule has 0 unspecified atom stereocenters. The molecule has 1 aromatic carbocycles. The zero-order valence-corrected chi connectivity index (χ0v) is 12.6. The fraction of sp³-hybridized carbons (Fsp3) is 0.375. The number of carbonyl (C=O) groups is 1. The molecule has 21 heavy (non-hydrogen) atoms. The molecule has 1 N–H and O–H groups in total. The molecule has 4 nitrogen and oxygen atoms in total. The summed E-state index contributed by atoms with van der Waals surface area (Å²) in [4.78, 5) is 11.7. The van der Waals surface area contributed by atoms with Crippen LogP contribution in [0.5, 0.6) is 5.75 Å². The maximum atomic E-state index is 11.7. The molecule has 0 bridgehead atoms. The van der Waals surface area contributed by atoms with Crippen molar-refractivity contribution in [3.8, 4) is 5.75 Å². The van der Waals surface area contributed by atoms with Gasteiger partial charge in [0.2, 0.25) is 0 Å². The second-order valence-corrected chi connectivity index (χ2v) is 5.91. The van der Waals surface area contributed by atoms with Gasteiger partial charge in [-0.15, -0.1) is 0 Å². The Kier molecular flexibility index (Phi) is 3.97. The Morgan fingerprint density at radius 2 is 2.38 bits per heavy atom. The van der Waals surface area contributed by atoms with Crippen molar-refractivity contribution < 1.29 is 9.53 Å². The molecule has 1 amide bonds. The summed E-state index contributed by atoms with van der Waals surface area (Å²) in [7, 11) is 0. The standard InChI is InChI=1S/C16H17ClN2O2/c1-10-7-12(17)5-6-15(10)21-9-16(20)19-18-14-8-11-3-2-4-13(11)14/h2-3,5-7,11,13H,4,8-9H2,1H3,(H,19,20)/b18-14-/t11-,13-/m1/s1. The van der Waals surface area contributed by atoms with Gasteiger partial charge >= 0.3 is 0 Å². The van der Waals surface area contributed by atoms with Gasteiger partial charge in [0.25, 0.3) is 5.91 Å². The number of nitrogens with zero attached hydrogens (tertiary/aromatic N) is 1. The molecule has 2 atom stereocenters. The van der Waals surface area contributed by atoms with E-state index < -0.39 is 0 Å². The molecule has 0 spiro atoms. The lowest BCUT2D eigenvalue weighted by atomic mass is 9.74. The van der Waals surface area contributed by atoms with Crippen molar-refractivity contribution in [1.29, 1.82) is 0 Å². The van der Waals surface area contributed by atoms with Crippen molar-refractivity contribution >= 4 is 23.2 Å². The smallest absolute Gasteiger partial charge is 0.277 e. The van der Waals surface area contributed by atoms with Crippen LogP contribution in [0.25, 0.3) is 0 Å². The van der Waals surface area contributed by atoms with Gasteiger partial charge < -0.3 is 4.74 Å². The van der Waals surface area contributed by atoms with Crippen molar-refractivity contribution in [1.82, 2.24) is 5.43 Å². The molecule has 3 rings (SSSR count). The molecule has 0 saturated heterocycles. The number of ether oxygens (including phenoxy) is 1. The molecule has 5 heteroatoms. The molecular formula is C16H17ClN2O2. The van der Waals surface area contributed by atoms with E-state index in [4.69, 9.17) is 16.3 Å². The minimum atomic E-state index is -0.244. The van der Waals surface area contributed by atoms with E-state index in [0.29, 0.717) is 22.6 Å². The number of fused-ring (bicyclic) bond motifs is 1. The average molecular weight is 305 g/mol. The van der Waals surface area contributed by atoms with Gasteiger partial charge in [0.15, 0.2) is 6.61 Å². The molecule has 0 radical (unpaired) electrons. The molecule has 0 aromatic heterocycles. The maximum absolute atomic E-state index is 11.7. The van der Waals surface area contributed by atoms with E-state index in [9.17, 15) is 4.79 Å². The van der Waals surface area contributed by atoms with Gasteiger partial charge in [-0.2, -0.15) is 5.10 Å². The first kappa shape index (κ1) is 14.1. The van der Waals surface area contributed by atoms with Gasteiger partial charge in [-0.25, -0.2) is 5.43 Å². The summed E-state index contributed by atoms with van der Waals surface area (Å²) in [6.45, 7) is 1.84. The Morgan fingerprint density at radius 1 is 1.52 bits per heavy atom. The average Bonchev–Trinajstić information content (AvgIpc) is 2.79. The van der Waals surface area contributed by atoms with E-state index in [2.05, 4.69) is 22.7 Å². The molecule has 1 fully saturated rings. The summed E-state index contributed by atoms with van der Waals surface area (Å²) in [5.41, 5.74) is 4.56. The molecular weight excluding hydrogens is 288 g/mol. The van der Waals surface area contributed by atoms with E-state index in [0.717, 1.165) is 24.1 Å². The lowest BCUT2D eigenvalue weighted by Gasteiger charge is -2.31. The van der Waals surface area contributed by atoms with Gasteiger partial charge in [-0.1, -0.05) is 23.8 Å². The summed E-state index contributed by atoms with van der Waals surface area (Å²) in [5.74, 6) is 1.55. The molecule has 1 aromatic rings. The van der Waals surface area contributed by atoms with Crippen LogP contribution in [-0.4, -0.2) is 18.2 Å². The van der Waals surface area contributed by atoms with Crippen molar-refractivity contribution in [3.63, 3.8) is 0 Å². The monoisotopic (exact) mass is 304 g/mol. The topological polar surface area (TPSA) is 50.7 Å². The largest absolute Gasteiger partial charge is 0.483 e. The summed E-state index contributed by atoms with van der Waals surface area (Å²) >= 11 is 5.87. The van der Waals surface area contributed by atoms with E-state index in [1.807, 2.05) is 6.92 Å². The number of benzene rings is 1. The number of halogens is 1. The fourth-order valence-corrected chi connectivity index (χ4v) is 2.97. The number of hydrogen-bond acceptors (Lipinski definition) is 3. The minimum Gasteiger partial charge on any atom is -0.483 e. The normalized spacial score (nSPS) is 24.6. The first-order chi connectivity index (χ1) is 10.1. The third kappa shape index (κ3) is 3.10. The predicted molar refractivity (Wildman–Crippen MR) is 82.6 cm³/mol. The Morgan fingerprint density at radius 3 is 3.14 bits per heavy atom. The van der Waals surface area contributed by atoms with Crippen LogP contribution in [0, 0.1) is 18.8 Å². The number of hydrazone groups is 1. The number of amides is 1. The number of allylic oxidation sites excluding steroid dienone is 2. The molecule has 0 aliphatic heterocycles. The molecule has 110 valence electrons.